The quantitative estimate of drug-likeness (QED) is 0.830. The number of hydrogen-bond acceptors (Lipinski definition) is 4. The summed E-state index contributed by atoms with van der Waals surface area (Å²) in [6.45, 7) is 2.53. The molecule has 0 radical (unpaired) electrons. The van der Waals surface area contributed by atoms with Gasteiger partial charge in [-0.2, -0.15) is 0 Å². The van der Waals surface area contributed by atoms with Crippen molar-refractivity contribution < 1.29 is 4.79 Å². The van der Waals surface area contributed by atoms with Crippen molar-refractivity contribution in [3.05, 3.63) is 30.5 Å². The number of aromatic nitrogens is 1. The van der Waals surface area contributed by atoms with Gasteiger partial charge in [0, 0.05) is 37.9 Å². The Balaban J connectivity index is 2.33. The Morgan fingerprint density at radius 2 is 2.20 bits per heavy atom. The molecule has 0 aliphatic rings. The van der Waals surface area contributed by atoms with Crippen LogP contribution in [0, 0.1) is 5.92 Å². The molecule has 5 heteroatoms. The molecule has 0 fully saturated rings. The average molecular weight is 272 g/mol. The molecule has 0 aliphatic heterocycles. The molecule has 0 spiro atoms. The number of carbonyl (C=O) groups excluding carboxylic acids is 1. The zero-order chi connectivity index (χ0) is 14.7. The van der Waals surface area contributed by atoms with E-state index in [0.29, 0.717) is 12.2 Å². The predicted octanol–water partition coefficient (Wildman–Crippen LogP) is 1.64. The molecule has 0 aliphatic carbocycles. The van der Waals surface area contributed by atoms with Gasteiger partial charge in [-0.05, 0) is 24.3 Å². The van der Waals surface area contributed by atoms with Crippen molar-refractivity contribution in [3.63, 3.8) is 0 Å². The van der Waals surface area contributed by atoms with E-state index in [1.807, 2.05) is 43.1 Å². The summed E-state index contributed by atoms with van der Waals surface area (Å²) >= 11 is 0. The second kappa shape index (κ2) is 5.77. The van der Waals surface area contributed by atoms with Gasteiger partial charge in [-0.3, -0.25) is 9.78 Å². The van der Waals surface area contributed by atoms with Gasteiger partial charge in [-0.1, -0.05) is 6.92 Å². The minimum absolute atomic E-state index is 0.0320. The van der Waals surface area contributed by atoms with Gasteiger partial charge in [0.05, 0.1) is 17.1 Å². The molecular weight excluding hydrogens is 252 g/mol. The molecule has 1 unspecified atom stereocenters. The maximum Gasteiger partial charge on any atom is 0.224 e. The van der Waals surface area contributed by atoms with E-state index in [1.165, 1.54) is 0 Å². The van der Waals surface area contributed by atoms with Crippen molar-refractivity contribution in [3.8, 4) is 0 Å². The van der Waals surface area contributed by atoms with Crippen LogP contribution in [-0.2, 0) is 4.79 Å². The van der Waals surface area contributed by atoms with Crippen LogP contribution in [0.15, 0.2) is 30.5 Å². The van der Waals surface area contributed by atoms with Gasteiger partial charge in [-0.15, -0.1) is 0 Å². The summed E-state index contributed by atoms with van der Waals surface area (Å²) in [5, 5.41) is 3.60. The fourth-order valence-corrected chi connectivity index (χ4v) is 2.33. The van der Waals surface area contributed by atoms with Crippen molar-refractivity contribution in [1.82, 2.24) is 10.3 Å². The maximum atomic E-state index is 11.6. The molecule has 1 aromatic carbocycles. The summed E-state index contributed by atoms with van der Waals surface area (Å²) < 4.78 is 0. The van der Waals surface area contributed by atoms with Crippen LogP contribution in [0.2, 0.25) is 0 Å². The van der Waals surface area contributed by atoms with Crippen LogP contribution in [0.5, 0.6) is 0 Å². The molecule has 1 amide bonds. The number of rotatable bonds is 4. The molecule has 0 saturated heterocycles. The monoisotopic (exact) mass is 272 g/mol. The molecule has 1 aromatic heterocycles. The first-order valence-corrected chi connectivity index (χ1v) is 6.60. The van der Waals surface area contributed by atoms with Gasteiger partial charge in [-0.25, -0.2) is 0 Å². The highest BCUT2D eigenvalue weighted by Gasteiger charge is 2.16. The van der Waals surface area contributed by atoms with Crippen LogP contribution in [-0.4, -0.2) is 31.5 Å². The highest BCUT2D eigenvalue weighted by atomic mass is 16.1. The van der Waals surface area contributed by atoms with Gasteiger partial charge in [0.15, 0.2) is 0 Å². The minimum atomic E-state index is -0.0960. The van der Waals surface area contributed by atoms with Crippen LogP contribution >= 0.6 is 0 Å². The number of fused-ring (bicyclic) bond motifs is 1. The van der Waals surface area contributed by atoms with Gasteiger partial charge in [0.1, 0.15) is 0 Å². The lowest BCUT2D eigenvalue weighted by Gasteiger charge is -2.24. The Bertz CT molecular complexity index is 626. The summed E-state index contributed by atoms with van der Waals surface area (Å²) in [5.74, 6) is -0.0640. The van der Waals surface area contributed by atoms with E-state index in [4.69, 9.17) is 5.73 Å². The second-order valence-corrected chi connectivity index (χ2v) is 4.97. The zero-order valence-electron chi connectivity index (χ0n) is 12.1. The Morgan fingerprint density at radius 1 is 1.45 bits per heavy atom. The highest BCUT2D eigenvalue weighted by molar-refractivity contribution is 5.98. The van der Waals surface area contributed by atoms with E-state index in [1.54, 1.807) is 13.2 Å². The first-order valence-electron chi connectivity index (χ1n) is 6.60. The maximum absolute atomic E-state index is 11.6. The lowest BCUT2D eigenvalue weighted by molar-refractivity contribution is -0.123. The Morgan fingerprint density at radius 3 is 2.90 bits per heavy atom. The Labute approximate surface area is 118 Å². The Kier molecular flexibility index (Phi) is 4.08. The van der Waals surface area contributed by atoms with Crippen molar-refractivity contribution in [2.24, 2.45) is 5.92 Å². The third-order valence-corrected chi connectivity index (χ3v) is 3.44. The van der Waals surface area contributed by atoms with Gasteiger partial charge in [0.2, 0.25) is 5.91 Å². The number of anilines is 2. The van der Waals surface area contributed by atoms with Crippen molar-refractivity contribution in [2.75, 3.05) is 31.3 Å². The molecule has 106 valence electrons. The van der Waals surface area contributed by atoms with Crippen LogP contribution in [0.1, 0.15) is 6.92 Å². The number of nitrogens with one attached hydrogen (secondary N) is 1. The average Bonchev–Trinajstić information content (AvgIpc) is 2.46. The second-order valence-electron chi connectivity index (χ2n) is 4.97. The molecule has 5 nitrogen and oxygen atoms in total. The fourth-order valence-electron chi connectivity index (χ4n) is 2.33. The van der Waals surface area contributed by atoms with Gasteiger partial charge < -0.3 is 16.0 Å². The summed E-state index contributed by atoms with van der Waals surface area (Å²) in [6.07, 6.45) is 1.75. The lowest BCUT2D eigenvalue weighted by Crippen LogP contribution is -2.34. The molecule has 3 N–H and O–H groups in total. The number of hydrogen-bond donors (Lipinski definition) is 2. The van der Waals surface area contributed by atoms with Crippen LogP contribution in [0.4, 0.5) is 11.4 Å². The summed E-state index contributed by atoms with van der Waals surface area (Å²) in [4.78, 5) is 18.1. The minimum Gasteiger partial charge on any atom is -0.398 e. The number of pyridine rings is 1. The Hall–Kier alpha value is -2.30. The third-order valence-electron chi connectivity index (χ3n) is 3.44. The fraction of sp³-hybridized carbons (Fsp3) is 0.333. The van der Waals surface area contributed by atoms with Crippen LogP contribution < -0.4 is 16.0 Å². The van der Waals surface area contributed by atoms with Crippen LogP contribution in [0.25, 0.3) is 10.9 Å². The number of benzene rings is 1. The molecule has 0 bridgehead atoms. The van der Waals surface area contributed by atoms with E-state index in [0.717, 1.165) is 16.6 Å². The summed E-state index contributed by atoms with van der Waals surface area (Å²) in [5.41, 5.74) is 8.52. The third kappa shape index (κ3) is 2.66. The number of nitrogens with zero attached hydrogens (tertiary/aromatic N) is 2. The van der Waals surface area contributed by atoms with Gasteiger partial charge in [0.25, 0.3) is 0 Å². The van der Waals surface area contributed by atoms with Crippen LogP contribution in [0.3, 0.4) is 0 Å². The predicted molar refractivity (Wildman–Crippen MR) is 82.7 cm³/mol. The number of amides is 1. The van der Waals surface area contributed by atoms with E-state index in [-0.39, 0.29) is 11.8 Å². The lowest BCUT2D eigenvalue weighted by atomic mass is 10.1. The van der Waals surface area contributed by atoms with Gasteiger partial charge >= 0.3 is 0 Å². The molecule has 1 atom stereocenters. The highest BCUT2D eigenvalue weighted by Crippen LogP contribution is 2.28. The first kappa shape index (κ1) is 14.1. The van der Waals surface area contributed by atoms with E-state index >= 15 is 0 Å². The zero-order valence-corrected chi connectivity index (χ0v) is 12.1. The summed E-state index contributed by atoms with van der Waals surface area (Å²) in [7, 11) is 3.61. The molecular formula is C15H20N4O. The summed E-state index contributed by atoms with van der Waals surface area (Å²) in [6, 6.07) is 7.65. The van der Waals surface area contributed by atoms with E-state index in [2.05, 4.69) is 10.3 Å². The molecule has 2 rings (SSSR count). The van der Waals surface area contributed by atoms with E-state index in [9.17, 15) is 4.79 Å². The topological polar surface area (TPSA) is 71.2 Å². The van der Waals surface area contributed by atoms with Crippen molar-refractivity contribution in [2.45, 2.75) is 6.92 Å². The SMILES string of the molecule is CNC(=O)C(C)CN(C)c1ccc(N)c2cccnc12. The molecule has 20 heavy (non-hydrogen) atoms. The standard InChI is InChI=1S/C15H20N4O/c1-10(15(20)17-2)9-19(3)13-7-6-12(16)11-5-4-8-18-14(11)13/h4-8,10H,9,16H2,1-3H3,(H,17,20). The van der Waals surface area contributed by atoms with Crippen molar-refractivity contribution >= 4 is 28.2 Å². The molecule has 1 heterocycles. The molecule has 0 saturated carbocycles. The smallest absolute Gasteiger partial charge is 0.224 e. The van der Waals surface area contributed by atoms with E-state index < -0.39 is 0 Å². The number of nitrogens with two attached hydrogens (primary N) is 1. The normalized spacial score (nSPS) is 12.2. The molecule has 2 aromatic rings. The number of carbonyl (C=O) groups is 1. The largest absolute Gasteiger partial charge is 0.398 e. The first-order chi connectivity index (χ1) is 9.54. The number of nitrogen functional groups attached to an aromatic ring is 1. The van der Waals surface area contributed by atoms with Crippen molar-refractivity contribution in [1.29, 1.82) is 0 Å².